The lowest BCUT2D eigenvalue weighted by molar-refractivity contribution is -0.116. The SMILES string of the molecule is CCN(CCC(=O)Nc1ccc(C(N)=O)cc1)C(=O)c1ccc(-c2ccccc2)cc1. The molecule has 0 saturated carbocycles. The molecule has 0 saturated heterocycles. The van der Waals surface area contributed by atoms with Crippen molar-refractivity contribution in [3.63, 3.8) is 0 Å². The molecule has 0 unspecified atom stereocenters. The van der Waals surface area contributed by atoms with Crippen molar-refractivity contribution in [2.24, 2.45) is 5.73 Å². The van der Waals surface area contributed by atoms with Gasteiger partial charge in [0.05, 0.1) is 0 Å². The third-order valence-electron chi connectivity index (χ3n) is 4.97. The van der Waals surface area contributed by atoms with E-state index < -0.39 is 5.91 Å². The molecule has 3 aromatic rings. The zero-order chi connectivity index (χ0) is 22.2. The van der Waals surface area contributed by atoms with Crippen molar-refractivity contribution in [3.05, 3.63) is 90.0 Å². The van der Waals surface area contributed by atoms with Gasteiger partial charge < -0.3 is 16.0 Å². The van der Waals surface area contributed by atoms with Crippen LogP contribution >= 0.6 is 0 Å². The number of benzene rings is 3. The second-order valence-corrected chi connectivity index (χ2v) is 7.07. The van der Waals surface area contributed by atoms with Gasteiger partial charge in [0.2, 0.25) is 11.8 Å². The normalized spacial score (nSPS) is 10.4. The topological polar surface area (TPSA) is 92.5 Å². The smallest absolute Gasteiger partial charge is 0.253 e. The van der Waals surface area contributed by atoms with E-state index in [9.17, 15) is 14.4 Å². The van der Waals surface area contributed by atoms with Crippen molar-refractivity contribution in [1.29, 1.82) is 0 Å². The molecule has 3 N–H and O–H groups in total. The number of nitrogens with two attached hydrogens (primary N) is 1. The first-order valence-electron chi connectivity index (χ1n) is 10.1. The van der Waals surface area contributed by atoms with Gasteiger partial charge in [-0.05, 0) is 54.4 Å². The van der Waals surface area contributed by atoms with E-state index in [1.165, 1.54) is 0 Å². The highest BCUT2D eigenvalue weighted by Crippen LogP contribution is 2.20. The van der Waals surface area contributed by atoms with Crippen LogP contribution in [0.5, 0.6) is 0 Å². The van der Waals surface area contributed by atoms with E-state index in [-0.39, 0.29) is 18.2 Å². The Morgan fingerprint density at radius 3 is 1.97 bits per heavy atom. The standard InChI is InChI=1S/C25H25N3O3/c1-2-28(17-16-23(29)27-22-14-12-20(13-15-22)24(26)30)25(31)21-10-8-19(9-11-21)18-6-4-3-5-7-18/h3-15H,2,16-17H2,1H3,(H2,26,30)(H,27,29). The number of carbonyl (C=O) groups excluding carboxylic acids is 3. The molecule has 3 rings (SSSR count). The Morgan fingerprint density at radius 2 is 1.39 bits per heavy atom. The monoisotopic (exact) mass is 415 g/mol. The van der Waals surface area contributed by atoms with Crippen LogP contribution in [0.2, 0.25) is 0 Å². The Bertz CT molecular complexity index is 1050. The third kappa shape index (κ3) is 5.79. The molecule has 6 heteroatoms. The van der Waals surface area contributed by atoms with Crippen LogP contribution in [-0.4, -0.2) is 35.7 Å². The Morgan fingerprint density at radius 1 is 0.806 bits per heavy atom. The average molecular weight is 415 g/mol. The van der Waals surface area contributed by atoms with Crippen molar-refractivity contribution in [2.75, 3.05) is 18.4 Å². The fourth-order valence-electron chi connectivity index (χ4n) is 3.20. The maximum Gasteiger partial charge on any atom is 0.253 e. The van der Waals surface area contributed by atoms with Crippen molar-refractivity contribution >= 4 is 23.4 Å². The zero-order valence-corrected chi connectivity index (χ0v) is 17.4. The number of carbonyl (C=O) groups is 3. The summed E-state index contributed by atoms with van der Waals surface area (Å²) in [7, 11) is 0. The largest absolute Gasteiger partial charge is 0.366 e. The summed E-state index contributed by atoms with van der Waals surface area (Å²) in [6.45, 7) is 2.69. The highest BCUT2D eigenvalue weighted by molar-refractivity contribution is 5.96. The molecule has 0 atom stereocenters. The number of anilines is 1. The van der Waals surface area contributed by atoms with Gasteiger partial charge in [0.1, 0.15) is 0 Å². The number of hydrogen-bond acceptors (Lipinski definition) is 3. The lowest BCUT2D eigenvalue weighted by atomic mass is 10.0. The fourth-order valence-corrected chi connectivity index (χ4v) is 3.20. The van der Waals surface area contributed by atoms with Gasteiger partial charge in [0, 0.05) is 36.3 Å². The predicted molar refractivity (Wildman–Crippen MR) is 122 cm³/mol. The van der Waals surface area contributed by atoms with Gasteiger partial charge in [0.25, 0.3) is 5.91 Å². The van der Waals surface area contributed by atoms with Gasteiger partial charge in [-0.3, -0.25) is 14.4 Å². The second kappa shape index (κ2) is 10.2. The van der Waals surface area contributed by atoms with Gasteiger partial charge in [-0.1, -0.05) is 42.5 Å². The van der Waals surface area contributed by atoms with E-state index in [0.717, 1.165) is 11.1 Å². The summed E-state index contributed by atoms with van der Waals surface area (Å²) in [5.41, 5.74) is 8.88. The van der Waals surface area contributed by atoms with Crippen molar-refractivity contribution < 1.29 is 14.4 Å². The van der Waals surface area contributed by atoms with Crippen molar-refractivity contribution in [1.82, 2.24) is 4.90 Å². The van der Waals surface area contributed by atoms with E-state index in [2.05, 4.69) is 5.32 Å². The van der Waals surface area contributed by atoms with Crippen LogP contribution in [0, 0.1) is 0 Å². The molecule has 3 aromatic carbocycles. The fraction of sp³-hybridized carbons (Fsp3) is 0.160. The van der Waals surface area contributed by atoms with E-state index >= 15 is 0 Å². The third-order valence-corrected chi connectivity index (χ3v) is 4.97. The molecular weight excluding hydrogens is 390 g/mol. The van der Waals surface area contributed by atoms with Crippen LogP contribution in [0.15, 0.2) is 78.9 Å². The first-order chi connectivity index (χ1) is 15.0. The summed E-state index contributed by atoms with van der Waals surface area (Å²) in [4.78, 5) is 37.9. The van der Waals surface area contributed by atoms with Crippen LogP contribution < -0.4 is 11.1 Å². The summed E-state index contributed by atoms with van der Waals surface area (Å²) in [6, 6.07) is 23.8. The van der Waals surface area contributed by atoms with Gasteiger partial charge in [-0.2, -0.15) is 0 Å². The minimum Gasteiger partial charge on any atom is -0.366 e. The van der Waals surface area contributed by atoms with E-state index in [1.807, 2.05) is 61.5 Å². The Hall–Kier alpha value is -3.93. The number of amides is 3. The van der Waals surface area contributed by atoms with Gasteiger partial charge in [-0.25, -0.2) is 0 Å². The molecule has 3 amide bonds. The Kier molecular flexibility index (Phi) is 7.17. The van der Waals surface area contributed by atoms with Gasteiger partial charge in [-0.15, -0.1) is 0 Å². The van der Waals surface area contributed by atoms with Crippen LogP contribution in [0.3, 0.4) is 0 Å². The number of nitrogens with one attached hydrogen (secondary N) is 1. The first-order valence-corrected chi connectivity index (χ1v) is 10.1. The molecule has 0 radical (unpaired) electrons. The molecule has 0 spiro atoms. The summed E-state index contributed by atoms with van der Waals surface area (Å²) in [5, 5.41) is 2.76. The van der Waals surface area contributed by atoms with E-state index in [1.54, 1.807) is 29.2 Å². The van der Waals surface area contributed by atoms with Crippen LogP contribution in [0.25, 0.3) is 11.1 Å². The first kappa shape index (κ1) is 21.8. The summed E-state index contributed by atoms with van der Waals surface area (Å²) in [6.07, 6.45) is 0.166. The summed E-state index contributed by atoms with van der Waals surface area (Å²) < 4.78 is 0. The number of primary amides is 1. The molecular formula is C25H25N3O3. The lowest BCUT2D eigenvalue weighted by Gasteiger charge is -2.21. The average Bonchev–Trinajstić information content (AvgIpc) is 2.80. The van der Waals surface area contributed by atoms with Crippen molar-refractivity contribution in [2.45, 2.75) is 13.3 Å². The maximum atomic E-state index is 12.8. The molecule has 158 valence electrons. The lowest BCUT2D eigenvalue weighted by Crippen LogP contribution is -2.33. The maximum absolute atomic E-state index is 12.8. The molecule has 0 aromatic heterocycles. The van der Waals surface area contributed by atoms with Crippen LogP contribution in [0.4, 0.5) is 5.69 Å². The zero-order valence-electron chi connectivity index (χ0n) is 17.4. The summed E-state index contributed by atoms with van der Waals surface area (Å²) >= 11 is 0. The number of hydrogen-bond donors (Lipinski definition) is 2. The minimum atomic E-state index is -0.522. The molecule has 31 heavy (non-hydrogen) atoms. The highest BCUT2D eigenvalue weighted by Gasteiger charge is 2.16. The molecule has 6 nitrogen and oxygen atoms in total. The van der Waals surface area contributed by atoms with Crippen molar-refractivity contribution in [3.8, 4) is 11.1 Å². The van der Waals surface area contributed by atoms with E-state index in [4.69, 9.17) is 5.73 Å². The number of nitrogens with zero attached hydrogens (tertiary/aromatic N) is 1. The number of rotatable bonds is 8. The van der Waals surface area contributed by atoms with E-state index in [0.29, 0.717) is 29.9 Å². The molecule has 0 aliphatic carbocycles. The molecule has 0 fully saturated rings. The highest BCUT2D eigenvalue weighted by atomic mass is 16.2. The summed E-state index contributed by atoms with van der Waals surface area (Å²) in [5.74, 6) is -0.843. The molecule has 0 heterocycles. The van der Waals surface area contributed by atoms with Gasteiger partial charge in [0.15, 0.2) is 0 Å². The predicted octanol–water partition coefficient (Wildman–Crippen LogP) is 3.94. The Labute approximate surface area is 181 Å². The molecule has 0 aliphatic rings. The second-order valence-electron chi connectivity index (χ2n) is 7.07. The van der Waals surface area contributed by atoms with Crippen LogP contribution in [-0.2, 0) is 4.79 Å². The quantitative estimate of drug-likeness (QED) is 0.584. The van der Waals surface area contributed by atoms with Gasteiger partial charge >= 0.3 is 0 Å². The molecule has 0 bridgehead atoms. The minimum absolute atomic E-state index is 0.110. The van der Waals surface area contributed by atoms with Crippen LogP contribution in [0.1, 0.15) is 34.1 Å². The Balaban J connectivity index is 1.57. The molecule has 0 aliphatic heterocycles.